The normalized spacial score (nSPS) is 11.8. The molecule has 4 N–H and O–H groups in total. The number of nitrogen functional groups attached to an aromatic ring is 1. The highest BCUT2D eigenvalue weighted by atomic mass is 16.2. The van der Waals surface area contributed by atoms with Crippen LogP contribution in [-0.2, 0) is 9.59 Å². The number of rotatable bonds is 5. The smallest absolute Gasteiger partial charge is 0.269 e. The van der Waals surface area contributed by atoms with E-state index in [2.05, 4.69) is 10.9 Å². The summed E-state index contributed by atoms with van der Waals surface area (Å²) in [6.45, 7) is 3.75. The summed E-state index contributed by atoms with van der Waals surface area (Å²) in [6.07, 6.45) is 8.86. The van der Waals surface area contributed by atoms with Crippen LogP contribution in [0.4, 0.5) is 5.69 Å². The molecule has 0 aliphatic heterocycles. The number of nitrogens with two attached hydrogens (primary N) is 1. The molecule has 0 spiro atoms. The highest BCUT2D eigenvalue weighted by molar-refractivity contribution is 5.99. The average molecular weight is 299 g/mol. The lowest BCUT2D eigenvalue weighted by Crippen LogP contribution is -2.41. The minimum atomic E-state index is -0.437. The van der Waals surface area contributed by atoms with Crippen molar-refractivity contribution in [3.63, 3.8) is 0 Å². The molecular formula is C17H21N3O2. The van der Waals surface area contributed by atoms with Crippen molar-refractivity contribution in [3.05, 3.63) is 59.7 Å². The van der Waals surface area contributed by atoms with Crippen molar-refractivity contribution in [2.45, 2.75) is 20.3 Å². The lowest BCUT2D eigenvalue weighted by molar-refractivity contribution is -0.124. The molecule has 0 fully saturated rings. The van der Waals surface area contributed by atoms with Gasteiger partial charge >= 0.3 is 0 Å². The second kappa shape index (κ2) is 9.18. The van der Waals surface area contributed by atoms with Crippen LogP contribution in [0.15, 0.2) is 54.1 Å². The summed E-state index contributed by atoms with van der Waals surface area (Å²) in [5.41, 5.74) is 12.3. The standard InChI is InChI=1S/C17H21N3O2/c1-3-7-14(8-4-2)17(22)20-19-16(21)12-11-13-9-5-6-10-15(13)18/h3,5-12H,4,18H2,1-2H3,(H,19,21)(H,20,22)/b7-3-,12-11+,14-8+. The summed E-state index contributed by atoms with van der Waals surface area (Å²) in [7, 11) is 0. The molecule has 5 heteroatoms. The van der Waals surface area contributed by atoms with Crippen molar-refractivity contribution in [2.24, 2.45) is 0 Å². The maximum atomic E-state index is 11.9. The summed E-state index contributed by atoms with van der Waals surface area (Å²) in [5.74, 6) is -0.797. The number of hydrazine groups is 1. The highest BCUT2D eigenvalue weighted by Crippen LogP contribution is 2.11. The molecule has 0 heterocycles. The molecule has 0 unspecified atom stereocenters. The van der Waals surface area contributed by atoms with Gasteiger partial charge in [0.2, 0.25) is 0 Å². The van der Waals surface area contributed by atoms with E-state index in [1.807, 2.05) is 26.0 Å². The Morgan fingerprint density at radius 2 is 1.91 bits per heavy atom. The molecule has 0 aliphatic carbocycles. The van der Waals surface area contributed by atoms with Crippen LogP contribution in [0.3, 0.4) is 0 Å². The number of nitrogens with one attached hydrogen (secondary N) is 2. The first-order valence-electron chi connectivity index (χ1n) is 7.04. The fraction of sp³-hybridized carbons (Fsp3) is 0.176. The fourth-order valence-corrected chi connectivity index (χ4v) is 1.70. The van der Waals surface area contributed by atoms with Crippen molar-refractivity contribution in [1.82, 2.24) is 10.9 Å². The number of carbonyl (C=O) groups excluding carboxylic acids is 2. The zero-order valence-electron chi connectivity index (χ0n) is 12.8. The SMILES string of the molecule is C/C=C\C(=C/CC)C(=O)NNC(=O)/C=C/c1ccccc1N. The van der Waals surface area contributed by atoms with Crippen molar-refractivity contribution in [1.29, 1.82) is 0 Å². The zero-order chi connectivity index (χ0) is 16.4. The van der Waals surface area contributed by atoms with E-state index in [0.717, 1.165) is 12.0 Å². The lowest BCUT2D eigenvalue weighted by Gasteiger charge is -2.06. The molecule has 0 atom stereocenters. The predicted octanol–water partition coefficient (Wildman–Crippen LogP) is 2.34. The van der Waals surface area contributed by atoms with E-state index in [4.69, 9.17) is 5.73 Å². The Morgan fingerprint density at radius 1 is 1.18 bits per heavy atom. The van der Waals surface area contributed by atoms with Crippen LogP contribution in [0.1, 0.15) is 25.8 Å². The van der Waals surface area contributed by atoms with E-state index in [1.54, 1.807) is 36.4 Å². The molecule has 0 aromatic heterocycles. The number of amides is 2. The van der Waals surface area contributed by atoms with Crippen molar-refractivity contribution in [3.8, 4) is 0 Å². The topological polar surface area (TPSA) is 84.2 Å². The number of para-hydroxylation sites is 1. The van der Waals surface area contributed by atoms with Gasteiger partial charge in [0.15, 0.2) is 0 Å². The van der Waals surface area contributed by atoms with Crippen LogP contribution in [0, 0.1) is 0 Å². The lowest BCUT2D eigenvalue weighted by atomic mass is 10.1. The summed E-state index contributed by atoms with van der Waals surface area (Å²) in [6, 6.07) is 7.19. The maximum Gasteiger partial charge on any atom is 0.269 e. The van der Waals surface area contributed by atoms with Gasteiger partial charge in [-0.3, -0.25) is 20.4 Å². The molecule has 22 heavy (non-hydrogen) atoms. The number of anilines is 1. The van der Waals surface area contributed by atoms with E-state index in [1.165, 1.54) is 6.08 Å². The Kier molecular flexibility index (Phi) is 7.19. The summed E-state index contributed by atoms with van der Waals surface area (Å²) in [5, 5.41) is 0. The maximum absolute atomic E-state index is 11.9. The molecule has 1 aromatic carbocycles. The number of benzene rings is 1. The quantitative estimate of drug-likeness (QED) is 0.338. The molecular weight excluding hydrogens is 278 g/mol. The van der Waals surface area contributed by atoms with Crippen molar-refractivity contribution in [2.75, 3.05) is 5.73 Å². The first-order chi connectivity index (χ1) is 10.6. The summed E-state index contributed by atoms with van der Waals surface area (Å²) >= 11 is 0. The van der Waals surface area contributed by atoms with E-state index in [-0.39, 0.29) is 5.91 Å². The van der Waals surface area contributed by atoms with Gasteiger partial charge < -0.3 is 5.73 Å². The third-order valence-corrected chi connectivity index (χ3v) is 2.74. The minimum Gasteiger partial charge on any atom is -0.398 e. The molecule has 5 nitrogen and oxygen atoms in total. The van der Waals surface area contributed by atoms with Gasteiger partial charge in [-0.2, -0.15) is 0 Å². The molecule has 0 bridgehead atoms. The largest absolute Gasteiger partial charge is 0.398 e. The number of hydrogen-bond donors (Lipinski definition) is 3. The van der Waals surface area contributed by atoms with Gasteiger partial charge in [0.1, 0.15) is 0 Å². The molecule has 0 radical (unpaired) electrons. The average Bonchev–Trinajstić information content (AvgIpc) is 2.51. The van der Waals surface area contributed by atoms with Crippen LogP contribution in [0.25, 0.3) is 6.08 Å². The number of hydrogen-bond acceptors (Lipinski definition) is 3. The molecule has 0 saturated carbocycles. The Balaban J connectivity index is 2.58. The van der Waals surface area contributed by atoms with Gasteiger partial charge in [0.05, 0.1) is 0 Å². The molecule has 0 saturated heterocycles. The van der Waals surface area contributed by atoms with Crippen LogP contribution >= 0.6 is 0 Å². The Morgan fingerprint density at radius 3 is 2.55 bits per heavy atom. The number of carbonyl (C=O) groups is 2. The Hall–Kier alpha value is -2.82. The molecule has 0 aliphatic rings. The molecule has 1 rings (SSSR count). The molecule has 116 valence electrons. The molecule has 2 amide bonds. The predicted molar refractivity (Wildman–Crippen MR) is 89.4 cm³/mol. The van der Waals surface area contributed by atoms with E-state index in [0.29, 0.717) is 11.3 Å². The molecule has 1 aromatic rings. The fourth-order valence-electron chi connectivity index (χ4n) is 1.70. The van der Waals surface area contributed by atoms with Gasteiger partial charge in [-0.1, -0.05) is 43.4 Å². The van der Waals surface area contributed by atoms with Crippen molar-refractivity contribution < 1.29 is 9.59 Å². The highest BCUT2D eigenvalue weighted by Gasteiger charge is 2.05. The van der Waals surface area contributed by atoms with Gasteiger partial charge in [-0.15, -0.1) is 0 Å². The Labute approximate surface area is 130 Å². The third-order valence-electron chi connectivity index (χ3n) is 2.74. The van der Waals surface area contributed by atoms with Crippen LogP contribution in [0.2, 0.25) is 0 Å². The van der Waals surface area contributed by atoms with Crippen LogP contribution in [0.5, 0.6) is 0 Å². The number of allylic oxidation sites excluding steroid dienone is 2. The van der Waals surface area contributed by atoms with E-state index < -0.39 is 5.91 Å². The van der Waals surface area contributed by atoms with E-state index in [9.17, 15) is 9.59 Å². The van der Waals surface area contributed by atoms with Gasteiger partial charge in [0.25, 0.3) is 11.8 Å². The first kappa shape index (κ1) is 17.2. The van der Waals surface area contributed by atoms with E-state index >= 15 is 0 Å². The first-order valence-corrected chi connectivity index (χ1v) is 7.04. The van der Waals surface area contributed by atoms with Crippen molar-refractivity contribution >= 4 is 23.6 Å². The summed E-state index contributed by atoms with van der Waals surface area (Å²) < 4.78 is 0. The monoisotopic (exact) mass is 299 g/mol. The van der Waals surface area contributed by atoms with Gasteiger partial charge in [-0.05, 0) is 31.1 Å². The second-order valence-electron chi connectivity index (χ2n) is 4.47. The third kappa shape index (κ3) is 5.66. The van der Waals surface area contributed by atoms with Gasteiger partial charge in [0, 0.05) is 17.3 Å². The minimum absolute atomic E-state index is 0.360. The van der Waals surface area contributed by atoms with Crippen LogP contribution < -0.4 is 16.6 Å². The zero-order valence-corrected chi connectivity index (χ0v) is 12.8. The van der Waals surface area contributed by atoms with Gasteiger partial charge in [-0.25, -0.2) is 0 Å². The summed E-state index contributed by atoms with van der Waals surface area (Å²) in [4.78, 5) is 23.5. The van der Waals surface area contributed by atoms with Crippen LogP contribution in [-0.4, -0.2) is 11.8 Å². The Bertz CT molecular complexity index is 616. The second-order valence-corrected chi connectivity index (χ2v) is 4.47.